The summed E-state index contributed by atoms with van der Waals surface area (Å²) in [5.74, 6) is -0.101. The number of carbonyl (C=O) groups excluding carboxylic acids is 1. The van der Waals surface area contributed by atoms with E-state index in [1.165, 1.54) is 5.56 Å². The fourth-order valence-corrected chi connectivity index (χ4v) is 2.58. The Labute approximate surface area is 124 Å². The van der Waals surface area contributed by atoms with Gasteiger partial charge in [0.1, 0.15) is 5.69 Å². The summed E-state index contributed by atoms with van der Waals surface area (Å²) in [6, 6.07) is 14.0. The van der Waals surface area contributed by atoms with Crippen molar-refractivity contribution in [3.05, 3.63) is 64.8 Å². The maximum Gasteiger partial charge on any atom is 0.272 e. The average molecular weight is 278 g/mol. The van der Waals surface area contributed by atoms with Crippen LogP contribution in [-0.2, 0) is 0 Å². The number of aromatic amines is 1. The maximum atomic E-state index is 12.5. The van der Waals surface area contributed by atoms with Crippen molar-refractivity contribution in [1.82, 2.24) is 4.98 Å². The second kappa shape index (κ2) is 5.09. The number of anilines is 1. The minimum absolute atomic E-state index is 0.101. The van der Waals surface area contributed by atoms with E-state index in [-0.39, 0.29) is 5.91 Å². The van der Waals surface area contributed by atoms with Crippen LogP contribution in [-0.4, -0.2) is 10.9 Å². The molecule has 3 nitrogen and oxygen atoms in total. The van der Waals surface area contributed by atoms with E-state index in [4.69, 9.17) is 0 Å². The smallest absolute Gasteiger partial charge is 0.272 e. The van der Waals surface area contributed by atoms with Gasteiger partial charge in [-0.05, 0) is 49.6 Å². The van der Waals surface area contributed by atoms with Gasteiger partial charge >= 0.3 is 0 Å². The van der Waals surface area contributed by atoms with Gasteiger partial charge in [-0.15, -0.1) is 0 Å². The van der Waals surface area contributed by atoms with Gasteiger partial charge in [0.15, 0.2) is 0 Å². The lowest BCUT2D eigenvalue weighted by molar-refractivity contribution is 0.102. The molecule has 2 N–H and O–H groups in total. The first-order chi connectivity index (χ1) is 10.1. The van der Waals surface area contributed by atoms with Crippen molar-refractivity contribution in [2.45, 2.75) is 20.8 Å². The number of aryl methyl sites for hydroxylation is 3. The van der Waals surface area contributed by atoms with Crippen LogP contribution >= 0.6 is 0 Å². The number of benzene rings is 2. The standard InChI is InChI=1S/C18H18N2O/c1-11-8-9-14-13(3)17(19-16(14)10-11)18(21)20-15-7-5-4-6-12(15)2/h4-10,19H,1-3H3,(H,20,21). The summed E-state index contributed by atoms with van der Waals surface area (Å²) in [6.45, 7) is 6.00. The van der Waals surface area contributed by atoms with Crippen LogP contribution in [0.4, 0.5) is 5.69 Å². The zero-order valence-corrected chi connectivity index (χ0v) is 12.4. The number of fused-ring (bicyclic) bond motifs is 1. The molecule has 0 bridgehead atoms. The van der Waals surface area contributed by atoms with Crippen LogP contribution in [0.25, 0.3) is 10.9 Å². The third-order valence-electron chi connectivity index (χ3n) is 3.83. The van der Waals surface area contributed by atoms with E-state index in [0.717, 1.165) is 27.7 Å². The van der Waals surface area contributed by atoms with Crippen molar-refractivity contribution in [3.63, 3.8) is 0 Å². The summed E-state index contributed by atoms with van der Waals surface area (Å²) in [4.78, 5) is 15.7. The summed E-state index contributed by atoms with van der Waals surface area (Å²) in [7, 11) is 0. The van der Waals surface area contributed by atoms with E-state index >= 15 is 0 Å². The predicted octanol–water partition coefficient (Wildman–Crippen LogP) is 4.35. The van der Waals surface area contributed by atoms with Crippen LogP contribution in [0.5, 0.6) is 0 Å². The van der Waals surface area contributed by atoms with E-state index in [0.29, 0.717) is 5.69 Å². The van der Waals surface area contributed by atoms with Crippen molar-refractivity contribution >= 4 is 22.5 Å². The Balaban J connectivity index is 1.98. The molecule has 0 radical (unpaired) electrons. The van der Waals surface area contributed by atoms with Crippen molar-refractivity contribution in [2.75, 3.05) is 5.32 Å². The van der Waals surface area contributed by atoms with Gasteiger partial charge in [-0.25, -0.2) is 0 Å². The largest absolute Gasteiger partial charge is 0.350 e. The molecule has 1 aromatic heterocycles. The second-order valence-corrected chi connectivity index (χ2v) is 5.44. The Hall–Kier alpha value is -2.55. The zero-order chi connectivity index (χ0) is 15.0. The van der Waals surface area contributed by atoms with Crippen molar-refractivity contribution in [2.24, 2.45) is 0 Å². The Bertz CT molecular complexity index is 830. The number of rotatable bonds is 2. The molecule has 3 rings (SSSR count). The van der Waals surface area contributed by atoms with Gasteiger partial charge in [-0.1, -0.05) is 30.3 Å². The molecule has 3 aromatic rings. The molecule has 0 aliphatic heterocycles. The van der Waals surface area contributed by atoms with Gasteiger partial charge in [-0.2, -0.15) is 0 Å². The average Bonchev–Trinajstić information content (AvgIpc) is 2.78. The van der Waals surface area contributed by atoms with Gasteiger partial charge in [0.2, 0.25) is 0 Å². The second-order valence-electron chi connectivity index (χ2n) is 5.44. The molecular weight excluding hydrogens is 260 g/mol. The normalized spacial score (nSPS) is 10.8. The number of nitrogens with one attached hydrogen (secondary N) is 2. The minimum Gasteiger partial charge on any atom is -0.350 e. The number of para-hydroxylation sites is 1. The summed E-state index contributed by atoms with van der Waals surface area (Å²) >= 11 is 0. The van der Waals surface area contributed by atoms with Crippen molar-refractivity contribution in [1.29, 1.82) is 0 Å². The van der Waals surface area contributed by atoms with Crippen LogP contribution in [0.15, 0.2) is 42.5 Å². The molecule has 0 fully saturated rings. The van der Waals surface area contributed by atoms with Gasteiger partial charge in [0.25, 0.3) is 5.91 Å². The Morgan fingerprint density at radius 1 is 1.05 bits per heavy atom. The highest BCUT2D eigenvalue weighted by Gasteiger charge is 2.15. The number of aromatic nitrogens is 1. The van der Waals surface area contributed by atoms with Crippen LogP contribution < -0.4 is 5.32 Å². The van der Waals surface area contributed by atoms with E-state index in [1.54, 1.807) is 0 Å². The third kappa shape index (κ3) is 2.42. The molecule has 0 spiro atoms. The predicted molar refractivity (Wildman–Crippen MR) is 86.9 cm³/mol. The molecule has 1 amide bonds. The number of hydrogen-bond acceptors (Lipinski definition) is 1. The van der Waals surface area contributed by atoms with Crippen LogP contribution in [0.2, 0.25) is 0 Å². The summed E-state index contributed by atoms with van der Waals surface area (Å²) in [5.41, 5.74) is 5.68. The van der Waals surface area contributed by atoms with E-state index in [2.05, 4.69) is 28.5 Å². The molecule has 0 unspecified atom stereocenters. The lowest BCUT2D eigenvalue weighted by Gasteiger charge is -2.07. The Kier molecular flexibility index (Phi) is 3.26. The lowest BCUT2D eigenvalue weighted by Crippen LogP contribution is -2.14. The molecule has 2 aromatic carbocycles. The monoisotopic (exact) mass is 278 g/mol. The molecular formula is C18H18N2O. The van der Waals surface area contributed by atoms with E-state index in [1.807, 2.05) is 45.0 Å². The van der Waals surface area contributed by atoms with Gasteiger partial charge in [0.05, 0.1) is 0 Å². The number of H-pyrrole nitrogens is 1. The van der Waals surface area contributed by atoms with Gasteiger partial charge < -0.3 is 10.3 Å². The molecule has 0 aliphatic rings. The van der Waals surface area contributed by atoms with E-state index in [9.17, 15) is 4.79 Å². The first-order valence-corrected chi connectivity index (χ1v) is 7.02. The van der Waals surface area contributed by atoms with Gasteiger partial charge in [-0.3, -0.25) is 4.79 Å². The fourth-order valence-electron chi connectivity index (χ4n) is 2.58. The van der Waals surface area contributed by atoms with Crippen LogP contribution in [0, 0.1) is 20.8 Å². The first kappa shape index (κ1) is 13.4. The lowest BCUT2D eigenvalue weighted by atomic mass is 10.1. The summed E-state index contributed by atoms with van der Waals surface area (Å²) in [6.07, 6.45) is 0. The maximum absolute atomic E-state index is 12.5. The number of amides is 1. The van der Waals surface area contributed by atoms with Crippen molar-refractivity contribution < 1.29 is 4.79 Å². The summed E-state index contributed by atoms with van der Waals surface area (Å²) < 4.78 is 0. The first-order valence-electron chi connectivity index (χ1n) is 7.02. The minimum atomic E-state index is -0.101. The molecule has 1 heterocycles. The zero-order valence-electron chi connectivity index (χ0n) is 12.4. The quantitative estimate of drug-likeness (QED) is 0.719. The molecule has 106 valence electrons. The Morgan fingerprint density at radius 2 is 1.81 bits per heavy atom. The third-order valence-corrected chi connectivity index (χ3v) is 3.83. The van der Waals surface area contributed by atoms with Crippen LogP contribution in [0.1, 0.15) is 27.2 Å². The fraction of sp³-hybridized carbons (Fsp3) is 0.167. The highest BCUT2D eigenvalue weighted by Crippen LogP contribution is 2.24. The molecule has 0 atom stereocenters. The van der Waals surface area contributed by atoms with Crippen molar-refractivity contribution in [3.8, 4) is 0 Å². The van der Waals surface area contributed by atoms with Crippen LogP contribution in [0.3, 0.4) is 0 Å². The SMILES string of the molecule is Cc1ccc2c(C)c(C(=O)Nc3ccccc3C)[nH]c2c1. The Morgan fingerprint density at radius 3 is 2.57 bits per heavy atom. The number of hydrogen-bond donors (Lipinski definition) is 2. The van der Waals surface area contributed by atoms with Gasteiger partial charge in [0, 0.05) is 16.6 Å². The van der Waals surface area contributed by atoms with E-state index < -0.39 is 0 Å². The molecule has 3 heteroatoms. The molecule has 0 saturated carbocycles. The molecule has 0 saturated heterocycles. The topological polar surface area (TPSA) is 44.9 Å². The highest BCUT2D eigenvalue weighted by atomic mass is 16.1. The highest BCUT2D eigenvalue weighted by molar-refractivity contribution is 6.08. The molecule has 21 heavy (non-hydrogen) atoms. The molecule has 0 aliphatic carbocycles. The summed E-state index contributed by atoms with van der Waals surface area (Å²) in [5, 5.41) is 4.07. The number of carbonyl (C=O) groups is 1.